The van der Waals surface area contributed by atoms with Crippen LogP contribution in [0.3, 0.4) is 0 Å². The van der Waals surface area contributed by atoms with Gasteiger partial charge >= 0.3 is 5.97 Å². The maximum Gasteiger partial charge on any atom is 0.328 e. The lowest BCUT2D eigenvalue weighted by atomic mass is 10.0. The van der Waals surface area contributed by atoms with Gasteiger partial charge in [0.1, 0.15) is 0 Å². The van der Waals surface area contributed by atoms with E-state index in [9.17, 15) is 9.59 Å². The zero-order valence-electron chi connectivity index (χ0n) is 11.0. The lowest BCUT2D eigenvalue weighted by Gasteiger charge is -2.03. The maximum absolute atomic E-state index is 11.7. The molecule has 0 aliphatic carbocycles. The van der Waals surface area contributed by atoms with Gasteiger partial charge in [-0.05, 0) is 29.3 Å². The number of nitriles is 1. The zero-order valence-corrected chi connectivity index (χ0v) is 11.0. The second kappa shape index (κ2) is 6.31. The summed E-state index contributed by atoms with van der Waals surface area (Å²) in [6.45, 7) is 0. The number of aliphatic carboxylic acids is 1. The third-order valence-electron chi connectivity index (χ3n) is 2.89. The first-order valence-corrected chi connectivity index (χ1v) is 6.16. The summed E-state index contributed by atoms with van der Waals surface area (Å²) in [6, 6.07) is 16.0. The fourth-order valence-corrected chi connectivity index (χ4v) is 1.81. The Bertz CT molecular complexity index is 735. The van der Waals surface area contributed by atoms with E-state index in [-0.39, 0.29) is 5.78 Å². The van der Waals surface area contributed by atoms with Crippen molar-refractivity contribution in [3.63, 3.8) is 0 Å². The normalized spacial score (nSPS) is 10.2. The SMILES string of the molecule is N#Cc1ccc(-c2ccc(C(=O)C=CC(=O)O)cc2)cc1. The van der Waals surface area contributed by atoms with Gasteiger partial charge in [0, 0.05) is 11.6 Å². The number of carbonyl (C=O) groups is 2. The standard InChI is InChI=1S/C17H11NO3/c18-11-12-1-3-13(4-2-12)14-5-7-15(8-6-14)16(19)9-10-17(20)21/h1-10H,(H,20,21). The maximum atomic E-state index is 11.7. The summed E-state index contributed by atoms with van der Waals surface area (Å²) < 4.78 is 0. The van der Waals surface area contributed by atoms with Crippen LogP contribution < -0.4 is 0 Å². The van der Waals surface area contributed by atoms with Gasteiger partial charge in [-0.2, -0.15) is 5.26 Å². The lowest BCUT2D eigenvalue weighted by Crippen LogP contribution is -1.96. The molecule has 0 aliphatic rings. The fourth-order valence-electron chi connectivity index (χ4n) is 1.81. The van der Waals surface area contributed by atoms with Crippen molar-refractivity contribution < 1.29 is 14.7 Å². The summed E-state index contributed by atoms with van der Waals surface area (Å²) >= 11 is 0. The molecule has 0 aromatic heterocycles. The number of benzene rings is 2. The Morgan fingerprint density at radius 1 is 0.905 bits per heavy atom. The second-order valence-electron chi connectivity index (χ2n) is 4.30. The summed E-state index contributed by atoms with van der Waals surface area (Å²) in [6.07, 6.45) is 1.84. The monoisotopic (exact) mass is 277 g/mol. The van der Waals surface area contributed by atoms with Gasteiger partial charge < -0.3 is 5.11 Å². The number of ketones is 1. The molecule has 2 aromatic rings. The molecular weight excluding hydrogens is 266 g/mol. The molecule has 21 heavy (non-hydrogen) atoms. The van der Waals surface area contributed by atoms with Crippen LogP contribution in [0.5, 0.6) is 0 Å². The highest BCUT2D eigenvalue weighted by Gasteiger charge is 2.04. The van der Waals surface area contributed by atoms with Crippen LogP contribution in [-0.4, -0.2) is 16.9 Å². The molecule has 0 aliphatic heterocycles. The Balaban J connectivity index is 2.20. The van der Waals surface area contributed by atoms with E-state index in [2.05, 4.69) is 6.07 Å². The fraction of sp³-hybridized carbons (Fsp3) is 0. The molecule has 2 aromatic carbocycles. The van der Waals surface area contributed by atoms with Crippen molar-refractivity contribution in [1.82, 2.24) is 0 Å². The van der Waals surface area contributed by atoms with Crippen LogP contribution in [0.1, 0.15) is 15.9 Å². The molecule has 0 atom stereocenters. The van der Waals surface area contributed by atoms with E-state index in [1.807, 2.05) is 12.1 Å². The van der Waals surface area contributed by atoms with Gasteiger partial charge in [-0.1, -0.05) is 36.4 Å². The Labute approximate surface area is 121 Å². The number of rotatable bonds is 4. The third kappa shape index (κ3) is 3.64. The van der Waals surface area contributed by atoms with Crippen molar-refractivity contribution in [2.75, 3.05) is 0 Å². The van der Waals surface area contributed by atoms with Crippen molar-refractivity contribution in [3.05, 3.63) is 71.8 Å². The van der Waals surface area contributed by atoms with E-state index in [1.54, 1.807) is 36.4 Å². The van der Waals surface area contributed by atoms with Gasteiger partial charge in [0.15, 0.2) is 5.78 Å². The predicted octanol–water partition coefficient (Wildman–Crippen LogP) is 3.05. The van der Waals surface area contributed by atoms with Crippen LogP contribution >= 0.6 is 0 Å². The van der Waals surface area contributed by atoms with Gasteiger partial charge in [-0.15, -0.1) is 0 Å². The second-order valence-corrected chi connectivity index (χ2v) is 4.30. The Morgan fingerprint density at radius 3 is 1.90 bits per heavy atom. The van der Waals surface area contributed by atoms with E-state index in [4.69, 9.17) is 10.4 Å². The zero-order chi connectivity index (χ0) is 15.2. The molecule has 102 valence electrons. The molecular formula is C17H11NO3. The van der Waals surface area contributed by atoms with Gasteiger partial charge in [-0.25, -0.2) is 4.79 Å². The van der Waals surface area contributed by atoms with E-state index in [0.717, 1.165) is 23.3 Å². The van der Waals surface area contributed by atoms with E-state index in [1.165, 1.54) is 0 Å². The van der Waals surface area contributed by atoms with Crippen LogP contribution in [0, 0.1) is 11.3 Å². The topological polar surface area (TPSA) is 78.2 Å². The number of carboxylic acid groups (broad SMARTS) is 1. The smallest absolute Gasteiger partial charge is 0.328 e. The number of nitrogens with zero attached hydrogens (tertiary/aromatic N) is 1. The molecule has 0 amide bonds. The molecule has 1 N–H and O–H groups in total. The van der Waals surface area contributed by atoms with Crippen LogP contribution in [0.2, 0.25) is 0 Å². The Kier molecular flexibility index (Phi) is 4.27. The molecule has 2 rings (SSSR count). The molecule has 0 bridgehead atoms. The van der Waals surface area contributed by atoms with Gasteiger partial charge in [0.25, 0.3) is 0 Å². The van der Waals surface area contributed by atoms with Crippen molar-refractivity contribution >= 4 is 11.8 Å². The minimum absolute atomic E-state index is 0.358. The summed E-state index contributed by atoms with van der Waals surface area (Å²) in [5.41, 5.74) is 2.86. The van der Waals surface area contributed by atoms with E-state index in [0.29, 0.717) is 11.1 Å². The van der Waals surface area contributed by atoms with E-state index < -0.39 is 5.97 Å². The molecule has 0 radical (unpaired) electrons. The van der Waals surface area contributed by atoms with Crippen LogP contribution in [0.25, 0.3) is 11.1 Å². The number of carboxylic acids is 1. The highest BCUT2D eigenvalue weighted by atomic mass is 16.4. The average molecular weight is 277 g/mol. The molecule has 4 nitrogen and oxygen atoms in total. The lowest BCUT2D eigenvalue weighted by molar-refractivity contribution is -0.131. The van der Waals surface area contributed by atoms with Crippen LogP contribution in [-0.2, 0) is 4.79 Å². The molecule has 0 unspecified atom stereocenters. The van der Waals surface area contributed by atoms with Crippen molar-refractivity contribution in [1.29, 1.82) is 5.26 Å². The van der Waals surface area contributed by atoms with E-state index >= 15 is 0 Å². The molecule has 0 fully saturated rings. The van der Waals surface area contributed by atoms with Crippen LogP contribution in [0.15, 0.2) is 60.7 Å². The third-order valence-corrected chi connectivity index (χ3v) is 2.89. The number of carbonyl (C=O) groups excluding carboxylic acids is 1. The first kappa shape index (κ1) is 14.2. The highest BCUT2D eigenvalue weighted by Crippen LogP contribution is 2.20. The Hall–Kier alpha value is -3.19. The van der Waals surface area contributed by atoms with Crippen LogP contribution in [0.4, 0.5) is 0 Å². The van der Waals surface area contributed by atoms with Crippen molar-refractivity contribution in [2.24, 2.45) is 0 Å². The molecule has 0 heterocycles. The minimum atomic E-state index is -1.16. The summed E-state index contributed by atoms with van der Waals surface area (Å²) in [4.78, 5) is 22.1. The molecule has 4 heteroatoms. The molecule has 0 saturated heterocycles. The summed E-state index contributed by atoms with van der Waals surface area (Å²) in [7, 11) is 0. The average Bonchev–Trinajstić information content (AvgIpc) is 2.53. The van der Waals surface area contributed by atoms with Gasteiger partial charge in [0.05, 0.1) is 11.6 Å². The van der Waals surface area contributed by atoms with Gasteiger partial charge in [0.2, 0.25) is 0 Å². The van der Waals surface area contributed by atoms with Crippen molar-refractivity contribution in [2.45, 2.75) is 0 Å². The number of hydrogen-bond donors (Lipinski definition) is 1. The Morgan fingerprint density at radius 2 is 1.43 bits per heavy atom. The van der Waals surface area contributed by atoms with Gasteiger partial charge in [-0.3, -0.25) is 4.79 Å². The van der Waals surface area contributed by atoms with Crippen molar-refractivity contribution in [3.8, 4) is 17.2 Å². The quantitative estimate of drug-likeness (QED) is 0.688. The largest absolute Gasteiger partial charge is 0.478 e. The number of hydrogen-bond acceptors (Lipinski definition) is 3. The first-order valence-electron chi connectivity index (χ1n) is 6.16. The minimum Gasteiger partial charge on any atom is -0.478 e. The molecule has 0 spiro atoms. The summed E-state index contributed by atoms with van der Waals surface area (Å²) in [5, 5.41) is 17.2. The molecule has 0 saturated carbocycles. The number of allylic oxidation sites excluding steroid dienone is 1. The predicted molar refractivity (Wildman–Crippen MR) is 77.7 cm³/mol. The summed E-state index contributed by atoms with van der Waals surface area (Å²) in [5.74, 6) is -1.51. The highest BCUT2D eigenvalue weighted by molar-refractivity contribution is 6.07. The first-order chi connectivity index (χ1) is 10.1.